The van der Waals surface area contributed by atoms with Gasteiger partial charge >= 0.3 is 5.97 Å². The number of carbonyl (C=O) groups excluding carboxylic acids is 1. The van der Waals surface area contributed by atoms with Crippen LogP contribution in [0, 0.1) is 11.3 Å². The van der Waals surface area contributed by atoms with Gasteiger partial charge in [0.2, 0.25) is 0 Å². The van der Waals surface area contributed by atoms with Crippen molar-refractivity contribution in [3.05, 3.63) is 48.0 Å². The second-order valence-electron chi connectivity index (χ2n) is 6.41. The lowest BCUT2D eigenvalue weighted by atomic mass is 9.80. The van der Waals surface area contributed by atoms with Crippen LogP contribution in [0.15, 0.2) is 42.5 Å². The fraction of sp³-hybridized carbons (Fsp3) is 0.500. The van der Waals surface area contributed by atoms with Crippen LogP contribution >= 0.6 is 0 Å². The van der Waals surface area contributed by atoms with Crippen LogP contribution in [0.3, 0.4) is 0 Å². The smallest absolute Gasteiger partial charge is 0.338 e. The largest absolute Gasteiger partial charge is 0.462 e. The van der Waals surface area contributed by atoms with Crippen molar-refractivity contribution in [2.75, 3.05) is 6.61 Å². The molecule has 0 aliphatic carbocycles. The van der Waals surface area contributed by atoms with Gasteiger partial charge in [0.05, 0.1) is 12.2 Å². The van der Waals surface area contributed by atoms with Gasteiger partial charge in [0, 0.05) is 0 Å². The minimum atomic E-state index is -0.246. The molecule has 0 fully saturated rings. The molecule has 20 heavy (non-hydrogen) atoms. The molecule has 2 heteroatoms. The number of carbonyl (C=O) groups is 1. The standard InChI is InChI=1S/C18H26O2/c1-14(2)15(3)13-18(4,5)11-12-20-17(19)16-9-7-6-8-10-16/h6-10,14H,3,11-13H2,1-2,4-5H3. The van der Waals surface area contributed by atoms with E-state index in [1.807, 2.05) is 18.2 Å². The van der Waals surface area contributed by atoms with Gasteiger partial charge in [-0.05, 0) is 36.3 Å². The minimum absolute atomic E-state index is 0.109. The molecule has 0 aromatic heterocycles. The maximum absolute atomic E-state index is 11.8. The highest BCUT2D eigenvalue weighted by molar-refractivity contribution is 5.89. The summed E-state index contributed by atoms with van der Waals surface area (Å²) in [5, 5.41) is 0. The van der Waals surface area contributed by atoms with Crippen LogP contribution in [0.25, 0.3) is 0 Å². The average Bonchev–Trinajstić information content (AvgIpc) is 2.38. The molecule has 1 aromatic rings. The van der Waals surface area contributed by atoms with E-state index in [1.54, 1.807) is 12.1 Å². The van der Waals surface area contributed by atoms with Crippen molar-refractivity contribution >= 4 is 5.97 Å². The monoisotopic (exact) mass is 274 g/mol. The fourth-order valence-electron chi connectivity index (χ4n) is 1.98. The lowest BCUT2D eigenvalue weighted by Crippen LogP contribution is -2.18. The van der Waals surface area contributed by atoms with Crippen LogP contribution in [-0.2, 0) is 4.74 Å². The highest BCUT2D eigenvalue weighted by atomic mass is 16.5. The summed E-state index contributed by atoms with van der Waals surface area (Å²) in [5.74, 6) is 0.255. The van der Waals surface area contributed by atoms with Crippen LogP contribution in [0.2, 0.25) is 0 Å². The zero-order valence-corrected chi connectivity index (χ0v) is 13.1. The Morgan fingerprint density at radius 3 is 2.40 bits per heavy atom. The van der Waals surface area contributed by atoms with Gasteiger partial charge in [-0.15, -0.1) is 0 Å². The molecule has 0 unspecified atom stereocenters. The Labute approximate surface area is 122 Å². The number of rotatable bonds is 7. The molecule has 0 atom stereocenters. The van der Waals surface area contributed by atoms with Gasteiger partial charge in [-0.25, -0.2) is 4.79 Å². The first kappa shape index (κ1) is 16.5. The molecule has 0 aliphatic rings. The third-order valence-electron chi connectivity index (χ3n) is 3.54. The highest BCUT2D eigenvalue weighted by Gasteiger charge is 2.21. The molecule has 0 spiro atoms. The quantitative estimate of drug-likeness (QED) is 0.524. The normalized spacial score (nSPS) is 11.4. The first-order valence-electron chi connectivity index (χ1n) is 7.22. The molecule has 1 rings (SSSR count). The van der Waals surface area contributed by atoms with E-state index in [0.717, 1.165) is 12.8 Å². The molecule has 1 aromatic carbocycles. The summed E-state index contributed by atoms with van der Waals surface area (Å²) in [4.78, 5) is 11.8. The van der Waals surface area contributed by atoms with E-state index < -0.39 is 0 Å². The predicted molar refractivity (Wildman–Crippen MR) is 83.7 cm³/mol. The Morgan fingerprint density at radius 2 is 1.85 bits per heavy atom. The fourth-order valence-corrected chi connectivity index (χ4v) is 1.98. The lowest BCUT2D eigenvalue weighted by molar-refractivity contribution is 0.0457. The molecule has 0 amide bonds. The third-order valence-corrected chi connectivity index (χ3v) is 3.54. The third kappa shape index (κ3) is 5.60. The average molecular weight is 274 g/mol. The Bertz CT molecular complexity index is 444. The van der Waals surface area contributed by atoms with Gasteiger partial charge in [-0.1, -0.05) is 58.0 Å². The summed E-state index contributed by atoms with van der Waals surface area (Å²) >= 11 is 0. The molecule has 110 valence electrons. The molecule has 2 nitrogen and oxygen atoms in total. The van der Waals surface area contributed by atoms with Crippen LogP contribution in [0.5, 0.6) is 0 Å². The van der Waals surface area contributed by atoms with Crippen molar-refractivity contribution in [2.45, 2.75) is 40.5 Å². The summed E-state index contributed by atoms with van der Waals surface area (Å²) in [6.45, 7) is 13.3. The van der Waals surface area contributed by atoms with E-state index in [1.165, 1.54) is 5.57 Å². The molecule has 0 radical (unpaired) electrons. The highest BCUT2D eigenvalue weighted by Crippen LogP contribution is 2.31. The van der Waals surface area contributed by atoms with E-state index >= 15 is 0 Å². The van der Waals surface area contributed by atoms with Crippen LogP contribution in [0.1, 0.15) is 50.9 Å². The maximum atomic E-state index is 11.8. The topological polar surface area (TPSA) is 26.3 Å². The number of allylic oxidation sites excluding steroid dienone is 1. The van der Waals surface area contributed by atoms with Gasteiger partial charge in [-0.2, -0.15) is 0 Å². The van der Waals surface area contributed by atoms with E-state index in [-0.39, 0.29) is 11.4 Å². The van der Waals surface area contributed by atoms with Crippen LogP contribution in [-0.4, -0.2) is 12.6 Å². The molecule has 0 bridgehead atoms. The summed E-state index contributed by atoms with van der Waals surface area (Å²) in [6, 6.07) is 9.11. The van der Waals surface area contributed by atoms with E-state index in [9.17, 15) is 4.79 Å². The number of esters is 1. The van der Waals surface area contributed by atoms with E-state index in [0.29, 0.717) is 18.1 Å². The summed E-state index contributed by atoms with van der Waals surface area (Å²) in [5.41, 5.74) is 1.97. The number of hydrogen-bond acceptors (Lipinski definition) is 2. The second-order valence-corrected chi connectivity index (χ2v) is 6.41. The van der Waals surface area contributed by atoms with Crippen molar-refractivity contribution in [3.63, 3.8) is 0 Å². The first-order chi connectivity index (χ1) is 9.32. The van der Waals surface area contributed by atoms with Crippen LogP contribution in [0.4, 0.5) is 0 Å². The molecule has 0 saturated carbocycles. The van der Waals surface area contributed by atoms with E-state index in [2.05, 4.69) is 34.3 Å². The van der Waals surface area contributed by atoms with Crippen molar-refractivity contribution in [2.24, 2.45) is 11.3 Å². The van der Waals surface area contributed by atoms with Gasteiger partial charge in [0.15, 0.2) is 0 Å². The van der Waals surface area contributed by atoms with Crippen molar-refractivity contribution < 1.29 is 9.53 Å². The predicted octanol–water partition coefficient (Wildman–Crippen LogP) is 4.86. The van der Waals surface area contributed by atoms with Gasteiger partial charge in [-0.3, -0.25) is 0 Å². The second kappa shape index (κ2) is 7.28. The molecule has 0 aliphatic heterocycles. The summed E-state index contributed by atoms with van der Waals surface area (Å²) < 4.78 is 5.34. The van der Waals surface area contributed by atoms with Crippen molar-refractivity contribution in [1.29, 1.82) is 0 Å². The summed E-state index contributed by atoms with van der Waals surface area (Å²) in [6.07, 6.45) is 1.81. The number of hydrogen-bond donors (Lipinski definition) is 0. The van der Waals surface area contributed by atoms with Gasteiger partial charge in [0.25, 0.3) is 0 Å². The van der Waals surface area contributed by atoms with Crippen LogP contribution < -0.4 is 0 Å². The number of benzene rings is 1. The maximum Gasteiger partial charge on any atom is 0.338 e. The first-order valence-corrected chi connectivity index (χ1v) is 7.22. The molecule has 0 heterocycles. The minimum Gasteiger partial charge on any atom is -0.462 e. The summed E-state index contributed by atoms with van der Waals surface area (Å²) in [7, 11) is 0. The zero-order valence-electron chi connectivity index (χ0n) is 13.1. The zero-order chi connectivity index (χ0) is 15.2. The molecule has 0 N–H and O–H groups in total. The Kier molecular flexibility index (Phi) is 6.00. The Hall–Kier alpha value is -1.57. The molecular formula is C18H26O2. The lowest BCUT2D eigenvalue weighted by Gasteiger charge is -2.26. The molecule has 0 saturated heterocycles. The Balaban J connectivity index is 2.40. The SMILES string of the molecule is C=C(CC(C)(C)CCOC(=O)c1ccccc1)C(C)C. The Morgan fingerprint density at radius 1 is 1.25 bits per heavy atom. The van der Waals surface area contributed by atoms with E-state index in [4.69, 9.17) is 4.74 Å². The van der Waals surface area contributed by atoms with Gasteiger partial charge in [0.1, 0.15) is 0 Å². The molecular weight excluding hydrogens is 248 g/mol. The number of ether oxygens (including phenoxy) is 1. The van der Waals surface area contributed by atoms with Crippen molar-refractivity contribution in [1.82, 2.24) is 0 Å². The van der Waals surface area contributed by atoms with Crippen molar-refractivity contribution in [3.8, 4) is 0 Å². The van der Waals surface area contributed by atoms with Gasteiger partial charge < -0.3 is 4.74 Å².